The molecule has 2 heterocycles. The smallest absolute Gasteiger partial charge is 0.325 e. The highest BCUT2D eigenvalue weighted by molar-refractivity contribution is 6.09. The standard InChI is InChI=1S/C19H23N3O4/c1-12-9-21(10-13(2)26-12)16(23)11-22-17(24)19(20-18(22)25)8-7-14-5-3-4-6-15(14)19/h3-6,12-13H,7-11H2,1-2H3,(H,20,25)/t12-,13+,19-/m1/s1. The first-order valence-corrected chi connectivity index (χ1v) is 9.06. The molecule has 0 bridgehead atoms. The van der Waals surface area contributed by atoms with Gasteiger partial charge in [0.25, 0.3) is 5.91 Å². The average Bonchev–Trinajstić information content (AvgIpc) is 3.08. The summed E-state index contributed by atoms with van der Waals surface area (Å²) < 4.78 is 5.64. The van der Waals surface area contributed by atoms with E-state index in [0.717, 1.165) is 22.4 Å². The second kappa shape index (κ2) is 6.09. The maximum absolute atomic E-state index is 13.1. The Morgan fingerprint density at radius 3 is 2.65 bits per heavy atom. The first-order chi connectivity index (χ1) is 12.4. The lowest BCUT2D eigenvalue weighted by Gasteiger charge is -2.35. The molecule has 7 nitrogen and oxygen atoms in total. The number of nitrogens with one attached hydrogen (secondary N) is 1. The summed E-state index contributed by atoms with van der Waals surface area (Å²) in [5, 5.41) is 2.85. The lowest BCUT2D eigenvalue weighted by molar-refractivity contribution is -0.146. The van der Waals surface area contributed by atoms with E-state index in [1.165, 1.54) is 0 Å². The van der Waals surface area contributed by atoms with Crippen molar-refractivity contribution in [2.45, 2.75) is 44.4 Å². The molecule has 1 N–H and O–H groups in total. The Hall–Kier alpha value is -2.41. The zero-order valence-corrected chi connectivity index (χ0v) is 15.0. The molecule has 1 spiro atoms. The fraction of sp³-hybridized carbons (Fsp3) is 0.526. The molecular formula is C19H23N3O4. The number of rotatable bonds is 2. The molecule has 2 fully saturated rings. The second-order valence-corrected chi connectivity index (χ2v) is 7.44. The molecule has 3 aliphatic rings. The largest absolute Gasteiger partial charge is 0.372 e. The van der Waals surface area contributed by atoms with Gasteiger partial charge in [0.1, 0.15) is 12.1 Å². The van der Waals surface area contributed by atoms with Crippen molar-refractivity contribution < 1.29 is 19.1 Å². The molecular weight excluding hydrogens is 334 g/mol. The highest BCUT2D eigenvalue weighted by Gasteiger charge is 2.55. The molecule has 1 aromatic carbocycles. The number of hydrogen-bond donors (Lipinski definition) is 1. The predicted octanol–water partition coefficient (Wildman–Crippen LogP) is 1.02. The normalized spacial score (nSPS) is 30.7. The van der Waals surface area contributed by atoms with Crippen molar-refractivity contribution >= 4 is 17.8 Å². The van der Waals surface area contributed by atoms with Crippen LogP contribution in [0.25, 0.3) is 0 Å². The van der Waals surface area contributed by atoms with E-state index >= 15 is 0 Å². The Morgan fingerprint density at radius 2 is 1.92 bits per heavy atom. The van der Waals surface area contributed by atoms with Crippen LogP contribution in [0, 0.1) is 0 Å². The van der Waals surface area contributed by atoms with E-state index < -0.39 is 11.6 Å². The van der Waals surface area contributed by atoms with Crippen LogP contribution in [-0.2, 0) is 26.3 Å². The predicted molar refractivity (Wildman–Crippen MR) is 93.3 cm³/mol. The van der Waals surface area contributed by atoms with E-state index in [1.807, 2.05) is 38.1 Å². The summed E-state index contributed by atoms with van der Waals surface area (Å²) in [6.45, 7) is 4.54. The highest BCUT2D eigenvalue weighted by atomic mass is 16.5. The van der Waals surface area contributed by atoms with Gasteiger partial charge in [0.2, 0.25) is 5.91 Å². The number of hydrogen-bond acceptors (Lipinski definition) is 4. The molecule has 0 radical (unpaired) electrons. The number of fused-ring (bicyclic) bond motifs is 2. The van der Waals surface area contributed by atoms with E-state index in [0.29, 0.717) is 19.5 Å². The summed E-state index contributed by atoms with van der Waals surface area (Å²) in [5.41, 5.74) is 0.909. The van der Waals surface area contributed by atoms with Crippen LogP contribution in [0.1, 0.15) is 31.4 Å². The molecule has 1 aliphatic carbocycles. The number of aryl methyl sites for hydroxylation is 1. The topological polar surface area (TPSA) is 79.0 Å². The van der Waals surface area contributed by atoms with E-state index in [9.17, 15) is 14.4 Å². The Bertz CT molecular complexity index is 770. The van der Waals surface area contributed by atoms with Gasteiger partial charge in [-0.3, -0.25) is 14.5 Å². The van der Waals surface area contributed by atoms with Crippen molar-refractivity contribution in [2.24, 2.45) is 0 Å². The SMILES string of the molecule is C[C@@H]1CN(C(=O)CN2C(=O)N[C@@]3(CCc4ccccc43)C2=O)C[C@H](C)O1. The van der Waals surface area contributed by atoms with Crippen molar-refractivity contribution in [3.05, 3.63) is 35.4 Å². The average molecular weight is 357 g/mol. The van der Waals surface area contributed by atoms with E-state index in [-0.39, 0.29) is 30.6 Å². The van der Waals surface area contributed by atoms with Crippen LogP contribution in [0.5, 0.6) is 0 Å². The number of amides is 4. The van der Waals surface area contributed by atoms with E-state index in [1.54, 1.807) is 4.90 Å². The Labute approximate surface area is 152 Å². The van der Waals surface area contributed by atoms with Crippen LogP contribution in [-0.4, -0.2) is 59.5 Å². The van der Waals surface area contributed by atoms with Crippen LogP contribution in [0.4, 0.5) is 4.79 Å². The van der Waals surface area contributed by atoms with Crippen LogP contribution in [0.2, 0.25) is 0 Å². The summed E-state index contributed by atoms with van der Waals surface area (Å²) in [5.74, 6) is -0.547. The molecule has 4 amide bonds. The lowest BCUT2D eigenvalue weighted by Crippen LogP contribution is -2.52. The van der Waals surface area contributed by atoms with Crippen molar-refractivity contribution in [2.75, 3.05) is 19.6 Å². The third-order valence-electron chi connectivity index (χ3n) is 5.49. The molecule has 7 heteroatoms. The van der Waals surface area contributed by atoms with Gasteiger partial charge in [-0.2, -0.15) is 0 Å². The first kappa shape index (κ1) is 17.0. The van der Waals surface area contributed by atoms with Gasteiger partial charge in [-0.05, 0) is 37.8 Å². The number of morpholine rings is 1. The summed E-state index contributed by atoms with van der Waals surface area (Å²) in [6, 6.07) is 7.18. The van der Waals surface area contributed by atoms with Gasteiger partial charge in [0.15, 0.2) is 0 Å². The Morgan fingerprint density at radius 1 is 1.23 bits per heavy atom. The van der Waals surface area contributed by atoms with Crippen LogP contribution < -0.4 is 5.32 Å². The van der Waals surface area contributed by atoms with Gasteiger partial charge in [0, 0.05) is 13.1 Å². The highest BCUT2D eigenvalue weighted by Crippen LogP contribution is 2.41. The summed E-state index contributed by atoms with van der Waals surface area (Å²) >= 11 is 0. The molecule has 2 aliphatic heterocycles. The number of urea groups is 1. The molecule has 26 heavy (non-hydrogen) atoms. The fourth-order valence-corrected chi connectivity index (χ4v) is 4.35. The maximum atomic E-state index is 13.1. The molecule has 0 unspecified atom stereocenters. The Balaban J connectivity index is 1.53. The quantitative estimate of drug-likeness (QED) is 0.802. The van der Waals surface area contributed by atoms with E-state index in [2.05, 4.69) is 5.32 Å². The monoisotopic (exact) mass is 357 g/mol. The molecule has 3 atom stereocenters. The van der Waals surface area contributed by atoms with Gasteiger partial charge < -0.3 is 15.0 Å². The summed E-state index contributed by atoms with van der Waals surface area (Å²) in [7, 11) is 0. The number of nitrogens with zero attached hydrogens (tertiary/aromatic N) is 2. The van der Waals surface area contributed by atoms with Gasteiger partial charge in [-0.15, -0.1) is 0 Å². The minimum absolute atomic E-state index is 0.0566. The van der Waals surface area contributed by atoms with Gasteiger partial charge >= 0.3 is 6.03 Å². The number of carbonyl (C=O) groups excluding carboxylic acids is 3. The molecule has 0 aromatic heterocycles. The Kier molecular flexibility index (Phi) is 3.99. The third-order valence-corrected chi connectivity index (χ3v) is 5.49. The summed E-state index contributed by atoms with van der Waals surface area (Å²) in [4.78, 5) is 41.0. The number of imide groups is 1. The van der Waals surface area contributed by atoms with Crippen molar-refractivity contribution in [3.8, 4) is 0 Å². The van der Waals surface area contributed by atoms with E-state index in [4.69, 9.17) is 4.74 Å². The molecule has 138 valence electrons. The minimum Gasteiger partial charge on any atom is -0.372 e. The minimum atomic E-state index is -1.01. The number of carbonyl (C=O) groups is 3. The van der Waals surface area contributed by atoms with Crippen molar-refractivity contribution in [1.29, 1.82) is 0 Å². The zero-order valence-electron chi connectivity index (χ0n) is 15.0. The molecule has 4 rings (SSSR count). The number of benzene rings is 1. The molecule has 1 aromatic rings. The van der Waals surface area contributed by atoms with Crippen LogP contribution in [0.15, 0.2) is 24.3 Å². The second-order valence-electron chi connectivity index (χ2n) is 7.44. The summed E-state index contributed by atoms with van der Waals surface area (Å²) in [6.07, 6.45) is 1.16. The van der Waals surface area contributed by atoms with Crippen LogP contribution >= 0.6 is 0 Å². The van der Waals surface area contributed by atoms with Crippen LogP contribution in [0.3, 0.4) is 0 Å². The lowest BCUT2D eigenvalue weighted by atomic mass is 9.92. The van der Waals surface area contributed by atoms with Crippen molar-refractivity contribution in [3.63, 3.8) is 0 Å². The molecule has 0 saturated carbocycles. The zero-order chi connectivity index (χ0) is 18.5. The number of ether oxygens (including phenoxy) is 1. The van der Waals surface area contributed by atoms with Crippen molar-refractivity contribution in [1.82, 2.24) is 15.1 Å². The first-order valence-electron chi connectivity index (χ1n) is 9.06. The molecule has 2 saturated heterocycles. The third kappa shape index (κ3) is 2.58. The van der Waals surface area contributed by atoms with Gasteiger partial charge in [-0.25, -0.2) is 4.79 Å². The fourth-order valence-electron chi connectivity index (χ4n) is 4.35. The van der Waals surface area contributed by atoms with Gasteiger partial charge in [-0.1, -0.05) is 24.3 Å². The van der Waals surface area contributed by atoms with Gasteiger partial charge in [0.05, 0.1) is 12.2 Å². The maximum Gasteiger partial charge on any atom is 0.325 e.